The highest BCUT2D eigenvalue weighted by atomic mass is 35.5. The smallest absolute Gasteiger partial charge is 0.335 e. The van der Waals surface area contributed by atoms with Crippen molar-refractivity contribution < 1.29 is 9.90 Å². The first kappa shape index (κ1) is 21.7. The first-order valence-corrected chi connectivity index (χ1v) is 10.1. The number of nitrogens with zero attached hydrogens (tertiary/aromatic N) is 4. The van der Waals surface area contributed by atoms with Gasteiger partial charge >= 0.3 is 11.7 Å². The number of carbonyl (C=O) groups is 1. The van der Waals surface area contributed by atoms with Gasteiger partial charge in [0.2, 0.25) is 0 Å². The number of halogens is 1. The molecule has 0 aliphatic carbocycles. The van der Waals surface area contributed by atoms with Crippen LogP contribution < -0.4 is 11.0 Å². The fourth-order valence-corrected chi connectivity index (χ4v) is 4.25. The van der Waals surface area contributed by atoms with E-state index in [1.165, 1.54) is 0 Å². The third kappa shape index (κ3) is 3.57. The van der Waals surface area contributed by atoms with E-state index < -0.39 is 5.97 Å². The third-order valence-electron chi connectivity index (χ3n) is 5.79. The molecule has 3 aromatic heterocycles. The summed E-state index contributed by atoms with van der Waals surface area (Å²) in [4.78, 5) is 33.6. The van der Waals surface area contributed by atoms with Crippen LogP contribution in [0.1, 0.15) is 28.4 Å². The summed E-state index contributed by atoms with van der Waals surface area (Å²) in [5.41, 5.74) is 4.59. The molecule has 1 atom stereocenters. The number of carboxylic acid groups (broad SMARTS) is 1. The van der Waals surface area contributed by atoms with E-state index in [1.807, 2.05) is 31.2 Å². The molecule has 164 valence electrons. The van der Waals surface area contributed by atoms with Gasteiger partial charge in [0, 0.05) is 18.3 Å². The molecule has 1 aliphatic heterocycles. The molecule has 8 nitrogen and oxygen atoms in total. The van der Waals surface area contributed by atoms with Crippen molar-refractivity contribution in [3.05, 3.63) is 76.5 Å². The Hall–Kier alpha value is -3.49. The monoisotopic (exact) mass is 451 g/mol. The minimum Gasteiger partial charge on any atom is -0.478 e. The third-order valence-corrected chi connectivity index (χ3v) is 5.79. The predicted octanol–water partition coefficient (Wildman–Crippen LogP) is 3.21. The molecule has 9 heteroatoms. The van der Waals surface area contributed by atoms with Crippen LogP contribution in [0.25, 0.3) is 28.1 Å². The van der Waals surface area contributed by atoms with Crippen molar-refractivity contribution in [2.45, 2.75) is 19.4 Å². The van der Waals surface area contributed by atoms with Gasteiger partial charge in [0.25, 0.3) is 0 Å². The van der Waals surface area contributed by atoms with Gasteiger partial charge in [-0.1, -0.05) is 6.07 Å². The number of benzene rings is 1. The van der Waals surface area contributed by atoms with E-state index in [0.717, 1.165) is 36.2 Å². The number of aromatic nitrogens is 4. The lowest BCUT2D eigenvalue weighted by Crippen LogP contribution is -2.28. The number of rotatable bonds is 4. The van der Waals surface area contributed by atoms with Crippen molar-refractivity contribution in [3.8, 4) is 16.9 Å². The summed E-state index contributed by atoms with van der Waals surface area (Å²) < 4.78 is 3.43. The van der Waals surface area contributed by atoms with Gasteiger partial charge < -0.3 is 10.4 Å². The van der Waals surface area contributed by atoms with Crippen LogP contribution in [-0.2, 0) is 0 Å². The molecule has 1 aromatic carbocycles. The lowest BCUT2D eigenvalue weighted by Gasteiger charge is -2.09. The van der Waals surface area contributed by atoms with E-state index in [9.17, 15) is 9.59 Å². The number of hydrogen-bond donors (Lipinski definition) is 2. The van der Waals surface area contributed by atoms with Crippen LogP contribution >= 0.6 is 12.4 Å². The minimum atomic E-state index is -0.959. The van der Waals surface area contributed by atoms with Gasteiger partial charge in [-0.25, -0.2) is 14.6 Å². The number of carboxylic acids is 1. The van der Waals surface area contributed by atoms with Crippen molar-refractivity contribution in [2.75, 3.05) is 13.1 Å². The van der Waals surface area contributed by atoms with E-state index in [4.69, 9.17) is 5.11 Å². The van der Waals surface area contributed by atoms with Crippen LogP contribution in [0, 0.1) is 6.92 Å². The van der Waals surface area contributed by atoms with Crippen LogP contribution in [0.4, 0.5) is 0 Å². The van der Waals surface area contributed by atoms with Gasteiger partial charge in [-0.15, -0.1) is 12.4 Å². The zero-order chi connectivity index (χ0) is 21.5. The van der Waals surface area contributed by atoms with Crippen LogP contribution in [0.3, 0.4) is 0 Å². The SMILES string of the molecule is Cc1cc(C(=O)O)ccc1-c1ccc(-n2c(=O)n([C@H]3CCNC3)c3ncccc32)cn1.Cl. The quantitative estimate of drug-likeness (QED) is 0.494. The number of nitrogens with one attached hydrogen (secondary N) is 1. The fraction of sp³-hybridized carbons (Fsp3) is 0.217. The summed E-state index contributed by atoms with van der Waals surface area (Å²) in [6, 6.07) is 12.5. The molecule has 0 amide bonds. The van der Waals surface area contributed by atoms with Gasteiger partial charge in [-0.2, -0.15) is 0 Å². The van der Waals surface area contributed by atoms with Gasteiger partial charge in [0.05, 0.1) is 34.7 Å². The molecule has 0 bridgehead atoms. The van der Waals surface area contributed by atoms with Crippen molar-refractivity contribution >= 4 is 29.5 Å². The Bertz CT molecular complexity index is 1350. The second-order valence-corrected chi connectivity index (χ2v) is 7.72. The molecule has 4 heterocycles. The van der Waals surface area contributed by atoms with Crippen molar-refractivity contribution in [2.24, 2.45) is 0 Å². The molecule has 0 spiro atoms. The summed E-state index contributed by atoms with van der Waals surface area (Å²) in [5.74, 6) is -0.959. The molecular formula is C23H22ClN5O3. The summed E-state index contributed by atoms with van der Waals surface area (Å²) >= 11 is 0. The van der Waals surface area contributed by atoms with Crippen molar-refractivity contribution in [1.82, 2.24) is 24.4 Å². The molecule has 5 rings (SSSR count). The minimum absolute atomic E-state index is 0. The summed E-state index contributed by atoms with van der Waals surface area (Å²) in [6.45, 7) is 3.49. The maximum Gasteiger partial charge on any atom is 0.335 e. The average Bonchev–Trinajstić information content (AvgIpc) is 3.39. The number of pyridine rings is 2. The first-order chi connectivity index (χ1) is 15.0. The molecule has 1 aliphatic rings. The zero-order valence-corrected chi connectivity index (χ0v) is 18.2. The maximum atomic E-state index is 13.4. The highest BCUT2D eigenvalue weighted by Crippen LogP contribution is 2.25. The van der Waals surface area contributed by atoms with Crippen LogP contribution in [-0.4, -0.2) is 43.3 Å². The Balaban J connectivity index is 0.00000245. The number of imidazole rings is 1. The van der Waals surface area contributed by atoms with Crippen LogP contribution in [0.2, 0.25) is 0 Å². The largest absolute Gasteiger partial charge is 0.478 e. The number of fused-ring (bicyclic) bond motifs is 1. The van der Waals surface area contributed by atoms with Gasteiger partial charge in [-0.3, -0.25) is 14.1 Å². The molecule has 1 saturated heterocycles. The highest BCUT2D eigenvalue weighted by molar-refractivity contribution is 5.89. The van der Waals surface area contributed by atoms with Crippen LogP contribution in [0.15, 0.2) is 59.7 Å². The molecule has 2 N–H and O–H groups in total. The van der Waals surface area contributed by atoms with Gasteiger partial charge in [0.1, 0.15) is 0 Å². The average molecular weight is 452 g/mol. The summed E-state index contributed by atoms with van der Waals surface area (Å²) in [7, 11) is 0. The normalized spacial score (nSPS) is 15.6. The standard InChI is InChI=1S/C23H21N5O3.ClH/c1-14-11-15(22(29)30)4-6-18(14)19-7-5-16(13-26-19)27-20-3-2-9-25-21(20)28(23(27)31)17-8-10-24-12-17;/h2-7,9,11,13,17,24H,8,10,12H2,1H3,(H,29,30);1H/t17-;/m0./s1. The summed E-state index contributed by atoms with van der Waals surface area (Å²) in [5, 5.41) is 12.5. The number of aromatic carboxylic acids is 1. The molecule has 1 fully saturated rings. The Kier molecular flexibility index (Phi) is 5.82. The topological polar surface area (TPSA) is 102 Å². The van der Waals surface area contributed by atoms with E-state index in [2.05, 4.69) is 15.3 Å². The van der Waals surface area contributed by atoms with Crippen LogP contribution in [0.5, 0.6) is 0 Å². The van der Waals surface area contributed by atoms with Gasteiger partial charge in [0.15, 0.2) is 5.65 Å². The molecule has 32 heavy (non-hydrogen) atoms. The lowest BCUT2D eigenvalue weighted by atomic mass is 10.0. The van der Waals surface area contributed by atoms with E-state index >= 15 is 0 Å². The van der Waals surface area contributed by atoms with Gasteiger partial charge in [-0.05, 0) is 61.9 Å². The Morgan fingerprint density at radius 2 is 2.03 bits per heavy atom. The molecule has 0 unspecified atom stereocenters. The number of hydrogen-bond acceptors (Lipinski definition) is 5. The van der Waals surface area contributed by atoms with E-state index in [-0.39, 0.29) is 29.7 Å². The molecule has 0 saturated carbocycles. The number of aryl methyl sites for hydroxylation is 1. The maximum absolute atomic E-state index is 13.4. The second kappa shape index (κ2) is 8.57. The molecule has 0 radical (unpaired) electrons. The van der Waals surface area contributed by atoms with Crippen molar-refractivity contribution in [3.63, 3.8) is 0 Å². The van der Waals surface area contributed by atoms with E-state index in [0.29, 0.717) is 17.0 Å². The van der Waals surface area contributed by atoms with Crippen molar-refractivity contribution in [1.29, 1.82) is 0 Å². The van der Waals surface area contributed by atoms with E-state index in [1.54, 1.807) is 39.7 Å². The Morgan fingerprint density at radius 3 is 2.69 bits per heavy atom. The second-order valence-electron chi connectivity index (χ2n) is 7.72. The fourth-order valence-electron chi connectivity index (χ4n) is 4.25. The summed E-state index contributed by atoms with van der Waals surface area (Å²) in [6.07, 6.45) is 4.26. The Labute approximate surface area is 190 Å². The molecule has 4 aromatic rings. The highest BCUT2D eigenvalue weighted by Gasteiger charge is 2.24. The molecular weight excluding hydrogens is 430 g/mol. The predicted molar refractivity (Wildman–Crippen MR) is 124 cm³/mol. The Morgan fingerprint density at radius 1 is 1.19 bits per heavy atom. The lowest BCUT2D eigenvalue weighted by molar-refractivity contribution is 0.0697. The zero-order valence-electron chi connectivity index (χ0n) is 17.4. The first-order valence-electron chi connectivity index (χ1n) is 10.1.